The lowest BCUT2D eigenvalue weighted by molar-refractivity contribution is 0.331. The van der Waals surface area contributed by atoms with Crippen molar-refractivity contribution in [1.29, 1.82) is 0 Å². The van der Waals surface area contributed by atoms with Crippen LogP contribution >= 0.6 is 11.8 Å². The van der Waals surface area contributed by atoms with Gasteiger partial charge in [-0.2, -0.15) is 0 Å². The first-order valence-electron chi connectivity index (χ1n) is 2.88. The Balaban J connectivity index is 2.22. The molecular weight excluding hydrogens is 132 g/mol. The van der Waals surface area contributed by atoms with Crippen LogP contribution in [0.5, 0.6) is 0 Å². The fourth-order valence-electron chi connectivity index (χ4n) is 1.00. The minimum Gasteiger partial charge on any atom is -0.350 e. The van der Waals surface area contributed by atoms with E-state index in [9.17, 15) is 0 Å². The van der Waals surface area contributed by atoms with E-state index in [2.05, 4.69) is 40.9 Å². The Kier molecular flexibility index (Phi) is 0.990. The molecule has 2 heterocycles. The van der Waals surface area contributed by atoms with E-state index in [1.54, 1.807) is 0 Å². The predicted molar refractivity (Wildman–Crippen MR) is 39.3 cm³/mol. The van der Waals surface area contributed by atoms with Gasteiger partial charge in [0, 0.05) is 25.6 Å². The molecule has 2 aliphatic rings. The molecule has 2 nitrogen and oxygen atoms in total. The summed E-state index contributed by atoms with van der Waals surface area (Å²) in [6.07, 6.45) is 6.26. The summed E-state index contributed by atoms with van der Waals surface area (Å²) in [6.45, 7) is 0. The Labute approximate surface area is 58.8 Å². The smallest absolute Gasteiger partial charge is 0.157 e. The zero-order chi connectivity index (χ0) is 6.27. The van der Waals surface area contributed by atoms with E-state index in [0.29, 0.717) is 5.50 Å². The third-order valence-electron chi connectivity index (χ3n) is 1.51. The van der Waals surface area contributed by atoms with Gasteiger partial charge in [0.15, 0.2) is 5.50 Å². The van der Waals surface area contributed by atoms with E-state index in [1.165, 1.54) is 0 Å². The van der Waals surface area contributed by atoms with Crippen molar-refractivity contribution < 1.29 is 0 Å². The summed E-state index contributed by atoms with van der Waals surface area (Å²) >= 11 is 1.83. The number of thioether (sulfide) groups is 1. The monoisotopic (exact) mass is 140 g/mol. The molecule has 2 rings (SSSR count). The molecule has 0 aromatic carbocycles. The first-order chi connectivity index (χ1) is 4.38. The Bertz CT molecular complexity index is 176. The second kappa shape index (κ2) is 1.70. The second-order valence-electron chi connectivity index (χ2n) is 2.16. The van der Waals surface area contributed by atoms with Gasteiger partial charge < -0.3 is 9.80 Å². The molecule has 0 saturated heterocycles. The zero-order valence-corrected chi connectivity index (χ0v) is 6.01. The van der Waals surface area contributed by atoms with E-state index < -0.39 is 0 Å². The van der Waals surface area contributed by atoms with Crippen molar-refractivity contribution in [3.05, 3.63) is 24.0 Å². The van der Waals surface area contributed by atoms with Crippen molar-refractivity contribution in [1.82, 2.24) is 9.80 Å². The van der Waals surface area contributed by atoms with E-state index in [1.807, 2.05) is 11.8 Å². The van der Waals surface area contributed by atoms with Gasteiger partial charge in [-0.05, 0) is 5.41 Å². The van der Waals surface area contributed by atoms with Crippen molar-refractivity contribution in [2.45, 2.75) is 5.50 Å². The van der Waals surface area contributed by atoms with Crippen LogP contribution in [0.4, 0.5) is 0 Å². The maximum Gasteiger partial charge on any atom is 0.157 e. The van der Waals surface area contributed by atoms with E-state index in [-0.39, 0.29) is 0 Å². The first-order valence-corrected chi connectivity index (χ1v) is 3.82. The molecule has 0 bridgehead atoms. The van der Waals surface area contributed by atoms with Crippen LogP contribution in [0.3, 0.4) is 0 Å². The maximum absolute atomic E-state index is 2.19. The molecule has 0 amide bonds. The van der Waals surface area contributed by atoms with Crippen LogP contribution in [0.25, 0.3) is 0 Å². The summed E-state index contributed by atoms with van der Waals surface area (Å²) in [5.74, 6) is 0. The molecule has 0 radical (unpaired) electrons. The van der Waals surface area contributed by atoms with Crippen molar-refractivity contribution in [3.63, 3.8) is 0 Å². The molecule has 48 valence electrons. The molecule has 1 unspecified atom stereocenters. The first kappa shape index (κ1) is 5.23. The van der Waals surface area contributed by atoms with Gasteiger partial charge in [0.1, 0.15) is 0 Å². The van der Waals surface area contributed by atoms with Crippen LogP contribution in [0.2, 0.25) is 0 Å². The summed E-state index contributed by atoms with van der Waals surface area (Å²) < 4.78 is 0. The Hall–Kier alpha value is -0.570. The minimum atomic E-state index is 0.505. The van der Waals surface area contributed by atoms with E-state index in [0.717, 1.165) is 0 Å². The quantitative estimate of drug-likeness (QED) is 0.499. The Morgan fingerprint density at radius 3 is 3.00 bits per heavy atom. The summed E-state index contributed by atoms with van der Waals surface area (Å²) in [5.41, 5.74) is 0.505. The summed E-state index contributed by atoms with van der Waals surface area (Å²) in [7, 11) is 2.08. The summed E-state index contributed by atoms with van der Waals surface area (Å²) in [4.78, 5) is 4.37. The summed E-state index contributed by atoms with van der Waals surface area (Å²) in [6, 6.07) is 0. The lowest BCUT2D eigenvalue weighted by atomic mass is 10.8. The largest absolute Gasteiger partial charge is 0.350 e. The molecule has 2 aliphatic heterocycles. The lowest BCUT2D eigenvalue weighted by Crippen LogP contribution is -2.26. The SMILES string of the molecule is CN1C=CN2C=CSC12. The molecular formula is C6H8N2S. The van der Waals surface area contributed by atoms with E-state index >= 15 is 0 Å². The average Bonchev–Trinajstić information content (AvgIpc) is 2.35. The number of hydrogen-bond acceptors (Lipinski definition) is 3. The second-order valence-corrected chi connectivity index (χ2v) is 3.12. The van der Waals surface area contributed by atoms with Crippen LogP contribution < -0.4 is 0 Å². The third-order valence-corrected chi connectivity index (χ3v) is 2.61. The highest BCUT2D eigenvalue weighted by atomic mass is 32.2. The zero-order valence-electron chi connectivity index (χ0n) is 5.19. The van der Waals surface area contributed by atoms with Gasteiger partial charge in [0.25, 0.3) is 0 Å². The van der Waals surface area contributed by atoms with Crippen LogP contribution in [0.1, 0.15) is 0 Å². The van der Waals surface area contributed by atoms with Crippen molar-refractivity contribution in [2.24, 2.45) is 0 Å². The average molecular weight is 140 g/mol. The van der Waals surface area contributed by atoms with Gasteiger partial charge in [-0.15, -0.1) is 0 Å². The third kappa shape index (κ3) is 0.645. The molecule has 1 atom stereocenters. The molecule has 0 saturated carbocycles. The van der Waals surface area contributed by atoms with Crippen molar-refractivity contribution in [3.8, 4) is 0 Å². The number of nitrogens with zero attached hydrogens (tertiary/aromatic N) is 2. The van der Waals surface area contributed by atoms with Crippen LogP contribution in [0, 0.1) is 0 Å². The molecule has 0 aliphatic carbocycles. The lowest BCUT2D eigenvalue weighted by Gasteiger charge is -2.20. The molecule has 0 N–H and O–H groups in total. The predicted octanol–water partition coefficient (Wildman–Crippen LogP) is 1.21. The Morgan fingerprint density at radius 2 is 2.22 bits per heavy atom. The van der Waals surface area contributed by atoms with Gasteiger partial charge in [-0.25, -0.2) is 0 Å². The highest BCUT2D eigenvalue weighted by Gasteiger charge is 2.24. The topological polar surface area (TPSA) is 6.48 Å². The van der Waals surface area contributed by atoms with Gasteiger partial charge in [-0.3, -0.25) is 0 Å². The normalized spacial score (nSPS) is 30.1. The van der Waals surface area contributed by atoms with E-state index in [4.69, 9.17) is 0 Å². The van der Waals surface area contributed by atoms with Gasteiger partial charge in [-0.1, -0.05) is 11.8 Å². The Morgan fingerprint density at radius 1 is 1.33 bits per heavy atom. The van der Waals surface area contributed by atoms with Crippen molar-refractivity contribution in [2.75, 3.05) is 7.05 Å². The fourth-order valence-corrected chi connectivity index (χ4v) is 1.90. The highest BCUT2D eigenvalue weighted by Crippen LogP contribution is 2.30. The molecule has 0 fully saturated rings. The number of fused-ring (bicyclic) bond motifs is 1. The molecule has 0 aromatic rings. The van der Waals surface area contributed by atoms with Gasteiger partial charge >= 0.3 is 0 Å². The molecule has 0 aromatic heterocycles. The molecule has 9 heavy (non-hydrogen) atoms. The van der Waals surface area contributed by atoms with Crippen LogP contribution in [-0.2, 0) is 0 Å². The summed E-state index contributed by atoms with van der Waals surface area (Å²) in [5, 5.41) is 2.12. The van der Waals surface area contributed by atoms with Gasteiger partial charge in [0.05, 0.1) is 0 Å². The number of hydrogen-bond donors (Lipinski definition) is 0. The highest BCUT2D eigenvalue weighted by molar-refractivity contribution is 8.02. The van der Waals surface area contributed by atoms with Crippen LogP contribution in [0.15, 0.2) is 24.0 Å². The number of rotatable bonds is 0. The minimum absolute atomic E-state index is 0.505. The fraction of sp³-hybridized carbons (Fsp3) is 0.333. The standard InChI is InChI=1S/C6H8N2S/c1-7-2-3-8-4-5-9-6(7)8/h2-6H,1H3. The van der Waals surface area contributed by atoms with Crippen LogP contribution in [-0.4, -0.2) is 22.3 Å². The molecule has 3 heteroatoms. The molecule has 0 spiro atoms. The maximum atomic E-state index is 2.19. The van der Waals surface area contributed by atoms with Gasteiger partial charge in [0.2, 0.25) is 0 Å². The van der Waals surface area contributed by atoms with Crippen molar-refractivity contribution >= 4 is 11.8 Å².